The summed E-state index contributed by atoms with van der Waals surface area (Å²) in [5, 5.41) is 12.6. The Balaban J connectivity index is 2.47. The number of hydrogen-bond donors (Lipinski definition) is 3. The van der Waals surface area contributed by atoms with Crippen LogP contribution < -0.4 is 16.6 Å². The number of benzene rings is 1. The second-order valence-electron chi connectivity index (χ2n) is 4.72. The van der Waals surface area contributed by atoms with Gasteiger partial charge in [0.2, 0.25) is 0 Å². The highest BCUT2D eigenvalue weighted by Gasteiger charge is 2.15. The van der Waals surface area contributed by atoms with Crippen molar-refractivity contribution in [1.29, 1.82) is 5.26 Å². The molecule has 0 saturated heterocycles. The molecule has 0 spiro atoms. The molecule has 1 heterocycles. The van der Waals surface area contributed by atoms with Crippen LogP contribution in [0.2, 0.25) is 5.02 Å². The number of nitrogens with one attached hydrogen (secondary N) is 2. The van der Waals surface area contributed by atoms with Crippen LogP contribution in [0.5, 0.6) is 0 Å². The molecule has 0 bridgehead atoms. The number of anilines is 3. The van der Waals surface area contributed by atoms with Gasteiger partial charge >= 0.3 is 0 Å². The molecule has 0 amide bonds. The van der Waals surface area contributed by atoms with E-state index in [4.69, 9.17) is 22.7 Å². The Bertz CT molecular complexity index is 692. The Hall–Kier alpha value is -2.36. The summed E-state index contributed by atoms with van der Waals surface area (Å²) < 4.78 is 0. The highest BCUT2D eigenvalue weighted by Crippen LogP contribution is 2.32. The van der Waals surface area contributed by atoms with Crippen LogP contribution in [0, 0.1) is 11.3 Å². The summed E-state index contributed by atoms with van der Waals surface area (Å²) in [7, 11) is 0. The smallest absolute Gasteiger partial charge is 0.148 e. The SMILES string of the molecule is CC(C)c1c(NN)ncnc1Nc1cc(C#N)ccc1Cl. The van der Waals surface area contributed by atoms with Gasteiger partial charge in [-0.25, -0.2) is 15.8 Å². The van der Waals surface area contributed by atoms with Crippen molar-refractivity contribution in [3.05, 3.63) is 40.7 Å². The molecule has 0 unspecified atom stereocenters. The van der Waals surface area contributed by atoms with Crippen molar-refractivity contribution >= 4 is 28.9 Å². The van der Waals surface area contributed by atoms with E-state index < -0.39 is 0 Å². The lowest BCUT2D eigenvalue weighted by Crippen LogP contribution is -2.14. The molecular weight excluding hydrogens is 288 g/mol. The van der Waals surface area contributed by atoms with Crippen LogP contribution in [0.4, 0.5) is 17.3 Å². The van der Waals surface area contributed by atoms with Crippen LogP contribution in [-0.4, -0.2) is 9.97 Å². The monoisotopic (exact) mass is 302 g/mol. The average molecular weight is 303 g/mol. The summed E-state index contributed by atoms with van der Waals surface area (Å²) in [5.74, 6) is 6.79. The van der Waals surface area contributed by atoms with Gasteiger partial charge in [-0.1, -0.05) is 25.4 Å². The van der Waals surface area contributed by atoms with Crippen molar-refractivity contribution in [1.82, 2.24) is 9.97 Å². The molecule has 0 saturated carbocycles. The maximum Gasteiger partial charge on any atom is 0.148 e. The van der Waals surface area contributed by atoms with Crippen molar-refractivity contribution in [2.24, 2.45) is 5.84 Å². The molecule has 0 aliphatic rings. The highest BCUT2D eigenvalue weighted by molar-refractivity contribution is 6.33. The van der Waals surface area contributed by atoms with Crippen LogP contribution >= 0.6 is 11.6 Å². The number of hydrogen-bond acceptors (Lipinski definition) is 6. The van der Waals surface area contributed by atoms with Crippen molar-refractivity contribution in [3.63, 3.8) is 0 Å². The Morgan fingerprint density at radius 2 is 2.00 bits per heavy atom. The van der Waals surface area contributed by atoms with E-state index in [9.17, 15) is 0 Å². The van der Waals surface area contributed by atoms with Gasteiger partial charge in [-0.15, -0.1) is 0 Å². The van der Waals surface area contributed by atoms with Gasteiger partial charge in [-0.2, -0.15) is 5.26 Å². The van der Waals surface area contributed by atoms with Gasteiger partial charge in [-0.3, -0.25) is 0 Å². The zero-order valence-electron chi connectivity index (χ0n) is 11.7. The summed E-state index contributed by atoms with van der Waals surface area (Å²) in [6.45, 7) is 4.02. The third-order valence-corrected chi connectivity index (χ3v) is 3.28. The van der Waals surface area contributed by atoms with E-state index in [1.807, 2.05) is 13.8 Å². The molecule has 1 aromatic carbocycles. The number of nitrogens with zero attached hydrogens (tertiary/aromatic N) is 3. The topological polar surface area (TPSA) is 99.7 Å². The highest BCUT2D eigenvalue weighted by atomic mass is 35.5. The minimum Gasteiger partial charge on any atom is -0.339 e. The summed E-state index contributed by atoms with van der Waals surface area (Å²) in [4.78, 5) is 8.35. The van der Waals surface area contributed by atoms with Crippen LogP contribution in [0.25, 0.3) is 0 Å². The molecule has 0 atom stereocenters. The van der Waals surface area contributed by atoms with E-state index in [0.717, 1.165) is 5.56 Å². The second-order valence-corrected chi connectivity index (χ2v) is 5.12. The molecule has 7 heteroatoms. The molecule has 6 nitrogen and oxygen atoms in total. The predicted molar refractivity (Wildman–Crippen MR) is 83.4 cm³/mol. The van der Waals surface area contributed by atoms with E-state index in [0.29, 0.717) is 27.9 Å². The fourth-order valence-electron chi connectivity index (χ4n) is 1.98. The van der Waals surface area contributed by atoms with Crippen molar-refractivity contribution < 1.29 is 0 Å². The van der Waals surface area contributed by atoms with Gasteiger partial charge in [0.25, 0.3) is 0 Å². The number of nitrogen functional groups attached to an aromatic ring is 1. The van der Waals surface area contributed by atoms with E-state index in [-0.39, 0.29) is 5.92 Å². The maximum absolute atomic E-state index is 8.97. The van der Waals surface area contributed by atoms with Gasteiger partial charge in [-0.05, 0) is 24.1 Å². The van der Waals surface area contributed by atoms with Gasteiger partial charge < -0.3 is 10.7 Å². The molecule has 108 valence electrons. The van der Waals surface area contributed by atoms with E-state index >= 15 is 0 Å². The lowest BCUT2D eigenvalue weighted by molar-refractivity contribution is 0.850. The Labute approximate surface area is 127 Å². The summed E-state index contributed by atoms with van der Waals surface area (Å²) in [6, 6.07) is 7.07. The first-order chi connectivity index (χ1) is 10.1. The number of aromatic nitrogens is 2. The quantitative estimate of drug-likeness (QED) is 0.592. The molecule has 1 aromatic heterocycles. The first-order valence-corrected chi connectivity index (χ1v) is 6.72. The Morgan fingerprint density at radius 3 is 2.62 bits per heavy atom. The fraction of sp³-hybridized carbons (Fsp3) is 0.214. The molecule has 0 radical (unpaired) electrons. The Morgan fingerprint density at radius 1 is 1.29 bits per heavy atom. The van der Waals surface area contributed by atoms with Crippen LogP contribution in [-0.2, 0) is 0 Å². The second kappa shape index (κ2) is 6.39. The number of rotatable bonds is 4. The van der Waals surface area contributed by atoms with Crippen molar-refractivity contribution in [3.8, 4) is 6.07 Å². The van der Waals surface area contributed by atoms with E-state index in [1.54, 1.807) is 18.2 Å². The molecular formula is C14H15ClN6. The largest absolute Gasteiger partial charge is 0.339 e. The van der Waals surface area contributed by atoms with Crippen LogP contribution in [0.1, 0.15) is 30.9 Å². The van der Waals surface area contributed by atoms with Gasteiger partial charge in [0.05, 0.1) is 22.3 Å². The lowest BCUT2D eigenvalue weighted by Gasteiger charge is -2.17. The number of halogens is 1. The summed E-state index contributed by atoms with van der Waals surface area (Å²) in [5.41, 5.74) is 4.53. The minimum absolute atomic E-state index is 0.151. The molecule has 0 aliphatic carbocycles. The zero-order chi connectivity index (χ0) is 15.4. The number of nitriles is 1. The Kier molecular flexibility index (Phi) is 4.58. The third-order valence-electron chi connectivity index (χ3n) is 2.95. The number of hydrazine groups is 1. The molecule has 0 fully saturated rings. The minimum atomic E-state index is 0.151. The third kappa shape index (κ3) is 3.21. The predicted octanol–water partition coefficient (Wildman–Crippen LogP) is 3.15. The van der Waals surface area contributed by atoms with Gasteiger partial charge in [0.1, 0.15) is 18.0 Å². The normalized spacial score (nSPS) is 10.3. The van der Waals surface area contributed by atoms with Crippen LogP contribution in [0.15, 0.2) is 24.5 Å². The zero-order valence-corrected chi connectivity index (χ0v) is 12.4. The fourth-order valence-corrected chi connectivity index (χ4v) is 2.14. The molecule has 2 rings (SSSR count). The summed E-state index contributed by atoms with van der Waals surface area (Å²) >= 11 is 6.15. The standard InChI is InChI=1S/C14H15ClN6/c1-8(2)12-13(18-7-19-14(12)21-17)20-11-5-9(6-16)3-4-10(11)15/h3-5,7-8H,17H2,1-2H3,(H2,18,19,20,21). The average Bonchev–Trinajstić information content (AvgIpc) is 2.48. The molecule has 4 N–H and O–H groups in total. The van der Waals surface area contributed by atoms with E-state index in [2.05, 4.69) is 26.8 Å². The summed E-state index contributed by atoms with van der Waals surface area (Å²) in [6.07, 6.45) is 1.41. The lowest BCUT2D eigenvalue weighted by atomic mass is 10.0. The van der Waals surface area contributed by atoms with Gasteiger partial charge in [0, 0.05) is 5.56 Å². The van der Waals surface area contributed by atoms with E-state index in [1.165, 1.54) is 6.33 Å². The van der Waals surface area contributed by atoms with Crippen LogP contribution in [0.3, 0.4) is 0 Å². The van der Waals surface area contributed by atoms with Crippen molar-refractivity contribution in [2.45, 2.75) is 19.8 Å². The van der Waals surface area contributed by atoms with Gasteiger partial charge in [0.15, 0.2) is 0 Å². The maximum atomic E-state index is 8.97. The molecule has 2 aromatic rings. The first-order valence-electron chi connectivity index (χ1n) is 6.35. The molecule has 21 heavy (non-hydrogen) atoms. The van der Waals surface area contributed by atoms with Crippen molar-refractivity contribution in [2.75, 3.05) is 10.7 Å². The first kappa shape index (κ1) is 15.0. The number of nitrogens with two attached hydrogens (primary N) is 1. The molecule has 0 aliphatic heterocycles.